The van der Waals surface area contributed by atoms with Crippen molar-refractivity contribution in [3.05, 3.63) is 11.4 Å². The van der Waals surface area contributed by atoms with Crippen molar-refractivity contribution in [2.24, 2.45) is 0 Å². The van der Waals surface area contributed by atoms with Crippen LogP contribution in [-0.4, -0.2) is 29.6 Å². The minimum absolute atomic E-state index is 0.0346. The Hall–Kier alpha value is -1.32. The first-order valence-corrected chi connectivity index (χ1v) is 7.70. The Labute approximate surface area is 123 Å². The molecular formula is C16H28N4. The third-order valence-electron chi connectivity index (χ3n) is 4.09. The molecule has 1 aliphatic carbocycles. The summed E-state index contributed by atoms with van der Waals surface area (Å²) in [5.41, 5.74) is 1.13. The molecule has 4 nitrogen and oxygen atoms in total. The number of hydrogen-bond donors (Lipinski definition) is 1. The minimum Gasteiger partial charge on any atom is -0.370 e. The second-order valence-corrected chi connectivity index (χ2v) is 6.82. The standard InChI is InChI=1S/C16H28N4/c1-7-17-13-11(2)14(20(6)12-9-8-10-12)19-15(18-13)16(3,4)5/h12H,7-10H2,1-6H3,(H,17,18,19). The van der Waals surface area contributed by atoms with Gasteiger partial charge in [0.25, 0.3) is 0 Å². The van der Waals surface area contributed by atoms with Crippen LogP contribution < -0.4 is 10.2 Å². The molecule has 4 heteroatoms. The van der Waals surface area contributed by atoms with Crippen molar-refractivity contribution in [2.45, 2.75) is 65.3 Å². The molecule has 2 rings (SSSR count). The van der Waals surface area contributed by atoms with Gasteiger partial charge in [0.1, 0.15) is 17.5 Å². The predicted molar refractivity (Wildman–Crippen MR) is 85.7 cm³/mol. The Balaban J connectivity index is 2.44. The van der Waals surface area contributed by atoms with Crippen LogP contribution in [0.3, 0.4) is 0 Å². The SMILES string of the molecule is CCNc1nc(C(C)(C)C)nc(N(C)C2CCC2)c1C. The Morgan fingerprint density at radius 3 is 2.35 bits per heavy atom. The molecule has 1 heterocycles. The second-order valence-electron chi connectivity index (χ2n) is 6.82. The van der Waals surface area contributed by atoms with Crippen LogP contribution in [0, 0.1) is 6.92 Å². The van der Waals surface area contributed by atoms with E-state index in [1.807, 2.05) is 0 Å². The second kappa shape index (κ2) is 5.58. The molecule has 1 N–H and O–H groups in total. The van der Waals surface area contributed by atoms with Gasteiger partial charge in [0.15, 0.2) is 0 Å². The van der Waals surface area contributed by atoms with E-state index in [4.69, 9.17) is 9.97 Å². The lowest BCUT2D eigenvalue weighted by atomic mass is 9.91. The first-order valence-electron chi connectivity index (χ1n) is 7.70. The van der Waals surface area contributed by atoms with Crippen molar-refractivity contribution in [2.75, 3.05) is 23.8 Å². The summed E-state index contributed by atoms with van der Waals surface area (Å²) >= 11 is 0. The van der Waals surface area contributed by atoms with Crippen LogP contribution in [0.5, 0.6) is 0 Å². The third kappa shape index (κ3) is 2.89. The van der Waals surface area contributed by atoms with Crippen LogP contribution in [0.15, 0.2) is 0 Å². The molecular weight excluding hydrogens is 248 g/mol. The van der Waals surface area contributed by atoms with Crippen LogP contribution >= 0.6 is 0 Å². The first kappa shape index (κ1) is 15.1. The Morgan fingerprint density at radius 1 is 1.25 bits per heavy atom. The van der Waals surface area contributed by atoms with Gasteiger partial charge in [0, 0.05) is 30.6 Å². The van der Waals surface area contributed by atoms with E-state index in [1.165, 1.54) is 19.3 Å². The summed E-state index contributed by atoms with van der Waals surface area (Å²) in [5.74, 6) is 2.99. The van der Waals surface area contributed by atoms with Gasteiger partial charge in [-0.3, -0.25) is 0 Å². The normalized spacial score (nSPS) is 15.9. The number of aromatic nitrogens is 2. The Morgan fingerprint density at radius 2 is 1.90 bits per heavy atom. The van der Waals surface area contributed by atoms with Crippen LogP contribution in [-0.2, 0) is 5.41 Å². The van der Waals surface area contributed by atoms with E-state index in [2.05, 4.69) is 51.9 Å². The number of nitrogens with one attached hydrogen (secondary N) is 1. The minimum atomic E-state index is -0.0346. The van der Waals surface area contributed by atoms with Crippen molar-refractivity contribution in [3.8, 4) is 0 Å². The fourth-order valence-electron chi connectivity index (χ4n) is 2.47. The van der Waals surface area contributed by atoms with E-state index < -0.39 is 0 Å². The van der Waals surface area contributed by atoms with E-state index in [-0.39, 0.29) is 5.41 Å². The molecule has 0 radical (unpaired) electrons. The zero-order valence-electron chi connectivity index (χ0n) is 13.7. The molecule has 20 heavy (non-hydrogen) atoms. The summed E-state index contributed by atoms with van der Waals surface area (Å²) in [6.45, 7) is 11.6. The smallest absolute Gasteiger partial charge is 0.138 e. The molecule has 0 atom stereocenters. The highest BCUT2D eigenvalue weighted by Crippen LogP contribution is 2.33. The lowest BCUT2D eigenvalue weighted by molar-refractivity contribution is 0.398. The van der Waals surface area contributed by atoms with E-state index in [0.29, 0.717) is 6.04 Å². The Bertz CT molecular complexity index is 472. The van der Waals surface area contributed by atoms with E-state index in [0.717, 1.165) is 29.6 Å². The summed E-state index contributed by atoms with van der Waals surface area (Å²) in [6.07, 6.45) is 3.90. The van der Waals surface area contributed by atoms with E-state index in [9.17, 15) is 0 Å². The van der Waals surface area contributed by atoms with Crippen molar-refractivity contribution < 1.29 is 0 Å². The highest BCUT2D eigenvalue weighted by molar-refractivity contribution is 5.59. The van der Waals surface area contributed by atoms with Crippen LogP contribution in [0.2, 0.25) is 0 Å². The topological polar surface area (TPSA) is 41.1 Å². The Kier molecular flexibility index (Phi) is 4.21. The first-order chi connectivity index (χ1) is 9.34. The summed E-state index contributed by atoms with van der Waals surface area (Å²) in [5, 5.41) is 3.38. The van der Waals surface area contributed by atoms with Crippen molar-refractivity contribution in [1.82, 2.24) is 9.97 Å². The molecule has 0 amide bonds. The van der Waals surface area contributed by atoms with Gasteiger partial charge >= 0.3 is 0 Å². The maximum Gasteiger partial charge on any atom is 0.138 e. The molecule has 1 fully saturated rings. The van der Waals surface area contributed by atoms with Gasteiger partial charge in [0.2, 0.25) is 0 Å². The maximum absolute atomic E-state index is 4.86. The zero-order valence-corrected chi connectivity index (χ0v) is 13.7. The van der Waals surface area contributed by atoms with Crippen molar-refractivity contribution in [1.29, 1.82) is 0 Å². The lowest BCUT2D eigenvalue weighted by Crippen LogP contribution is -2.38. The van der Waals surface area contributed by atoms with Crippen molar-refractivity contribution in [3.63, 3.8) is 0 Å². The fraction of sp³-hybridized carbons (Fsp3) is 0.750. The molecule has 112 valence electrons. The quantitative estimate of drug-likeness (QED) is 0.914. The van der Waals surface area contributed by atoms with Gasteiger partial charge in [-0.2, -0.15) is 0 Å². The van der Waals surface area contributed by atoms with E-state index >= 15 is 0 Å². The third-order valence-corrected chi connectivity index (χ3v) is 4.09. The number of nitrogens with zero attached hydrogens (tertiary/aromatic N) is 3. The molecule has 1 saturated carbocycles. The van der Waals surface area contributed by atoms with Crippen LogP contribution in [0.25, 0.3) is 0 Å². The van der Waals surface area contributed by atoms with Gasteiger partial charge in [-0.25, -0.2) is 9.97 Å². The van der Waals surface area contributed by atoms with Crippen LogP contribution in [0.1, 0.15) is 58.3 Å². The fourth-order valence-corrected chi connectivity index (χ4v) is 2.47. The van der Waals surface area contributed by atoms with Crippen molar-refractivity contribution >= 4 is 11.6 Å². The molecule has 1 aliphatic rings. The summed E-state index contributed by atoms with van der Waals surface area (Å²) in [7, 11) is 2.17. The molecule has 0 aromatic carbocycles. The molecule has 0 spiro atoms. The summed E-state index contributed by atoms with van der Waals surface area (Å²) in [6, 6.07) is 0.644. The largest absolute Gasteiger partial charge is 0.370 e. The molecule has 0 aliphatic heterocycles. The number of hydrogen-bond acceptors (Lipinski definition) is 4. The van der Waals surface area contributed by atoms with Crippen LogP contribution in [0.4, 0.5) is 11.6 Å². The molecule has 0 unspecified atom stereocenters. The summed E-state index contributed by atoms with van der Waals surface area (Å²) in [4.78, 5) is 11.9. The van der Waals surface area contributed by atoms with Gasteiger partial charge < -0.3 is 10.2 Å². The molecule has 0 bridgehead atoms. The lowest BCUT2D eigenvalue weighted by Gasteiger charge is -2.37. The molecule has 0 saturated heterocycles. The van der Waals surface area contributed by atoms with E-state index in [1.54, 1.807) is 0 Å². The number of anilines is 2. The van der Waals surface area contributed by atoms with Gasteiger partial charge in [-0.05, 0) is 33.1 Å². The molecule has 1 aromatic rings. The number of rotatable bonds is 4. The zero-order chi connectivity index (χ0) is 14.9. The average molecular weight is 276 g/mol. The predicted octanol–water partition coefficient (Wildman–Crippen LogP) is 3.50. The highest BCUT2D eigenvalue weighted by Gasteiger charge is 2.27. The highest BCUT2D eigenvalue weighted by atomic mass is 15.2. The van der Waals surface area contributed by atoms with Gasteiger partial charge in [-0.1, -0.05) is 20.8 Å². The van der Waals surface area contributed by atoms with Gasteiger partial charge in [0.05, 0.1) is 0 Å². The monoisotopic (exact) mass is 276 g/mol. The summed E-state index contributed by atoms with van der Waals surface area (Å²) < 4.78 is 0. The maximum atomic E-state index is 4.86. The molecule has 1 aromatic heterocycles. The average Bonchev–Trinajstić information content (AvgIpc) is 2.28. The van der Waals surface area contributed by atoms with Gasteiger partial charge in [-0.15, -0.1) is 0 Å².